The lowest BCUT2D eigenvalue weighted by Crippen LogP contribution is -1.77. The molecule has 0 N–H and O–H groups in total. The normalized spacial score (nSPS) is 10.6. The standard InChI is InChI=1S/C9H9NS/c1-2-7-3-4-9-8(5-7)10-6-11-9/h3-6H,2H2,1H3. The Morgan fingerprint density at radius 1 is 1.45 bits per heavy atom. The molecule has 1 aromatic heterocycles. The second-order valence-electron chi connectivity index (χ2n) is 2.51. The molecule has 2 aromatic rings. The minimum absolute atomic E-state index is 1.09. The maximum Gasteiger partial charge on any atom is 0.0814 e. The molecule has 1 heterocycles. The van der Waals surface area contributed by atoms with Gasteiger partial charge in [-0.25, -0.2) is 4.98 Å². The highest BCUT2D eigenvalue weighted by molar-refractivity contribution is 7.16. The third-order valence-electron chi connectivity index (χ3n) is 1.80. The van der Waals surface area contributed by atoms with Crippen LogP contribution in [0.25, 0.3) is 10.2 Å². The number of thiazole rings is 1. The van der Waals surface area contributed by atoms with E-state index in [4.69, 9.17) is 0 Å². The third kappa shape index (κ3) is 1.14. The number of rotatable bonds is 1. The first-order chi connectivity index (χ1) is 5.40. The number of aromatic nitrogens is 1. The van der Waals surface area contributed by atoms with Crippen LogP contribution in [0.4, 0.5) is 0 Å². The van der Waals surface area contributed by atoms with Gasteiger partial charge in [-0.1, -0.05) is 13.0 Å². The molecule has 56 valence electrons. The maximum atomic E-state index is 4.25. The first kappa shape index (κ1) is 6.80. The van der Waals surface area contributed by atoms with E-state index in [1.807, 2.05) is 5.51 Å². The van der Waals surface area contributed by atoms with Gasteiger partial charge in [0.1, 0.15) is 0 Å². The molecule has 0 atom stereocenters. The van der Waals surface area contributed by atoms with Crippen LogP contribution in [0.1, 0.15) is 12.5 Å². The molecule has 0 radical (unpaired) electrons. The monoisotopic (exact) mass is 163 g/mol. The summed E-state index contributed by atoms with van der Waals surface area (Å²) in [6.45, 7) is 2.16. The highest BCUT2D eigenvalue weighted by Gasteiger charge is 1.95. The van der Waals surface area contributed by atoms with Crippen molar-refractivity contribution < 1.29 is 0 Å². The molecule has 0 spiro atoms. The molecule has 0 aliphatic heterocycles. The molecule has 11 heavy (non-hydrogen) atoms. The van der Waals surface area contributed by atoms with Crippen molar-refractivity contribution in [2.24, 2.45) is 0 Å². The van der Waals surface area contributed by atoms with E-state index in [0.29, 0.717) is 0 Å². The summed E-state index contributed by atoms with van der Waals surface area (Å²) < 4.78 is 1.28. The van der Waals surface area contributed by atoms with Crippen LogP contribution < -0.4 is 0 Å². The van der Waals surface area contributed by atoms with Crippen LogP contribution in [0, 0.1) is 0 Å². The summed E-state index contributed by atoms with van der Waals surface area (Å²) in [5, 5.41) is 0. The van der Waals surface area contributed by atoms with Crippen LogP contribution in [0.15, 0.2) is 23.7 Å². The first-order valence-electron chi connectivity index (χ1n) is 3.72. The average Bonchev–Trinajstić information content (AvgIpc) is 2.50. The largest absolute Gasteiger partial charge is 0.245 e. The summed E-state index contributed by atoms with van der Waals surface area (Å²) in [6, 6.07) is 6.47. The highest BCUT2D eigenvalue weighted by Crippen LogP contribution is 2.18. The summed E-state index contributed by atoms with van der Waals surface area (Å²) in [4.78, 5) is 4.25. The van der Waals surface area contributed by atoms with Gasteiger partial charge in [-0.2, -0.15) is 0 Å². The van der Waals surface area contributed by atoms with Crippen LogP contribution in [-0.2, 0) is 6.42 Å². The predicted molar refractivity (Wildman–Crippen MR) is 49.0 cm³/mol. The highest BCUT2D eigenvalue weighted by atomic mass is 32.1. The van der Waals surface area contributed by atoms with Gasteiger partial charge in [0.2, 0.25) is 0 Å². The Labute approximate surface area is 69.7 Å². The lowest BCUT2D eigenvalue weighted by molar-refractivity contribution is 1.14. The van der Waals surface area contributed by atoms with Gasteiger partial charge in [0.25, 0.3) is 0 Å². The van der Waals surface area contributed by atoms with Crippen molar-refractivity contribution in [3.8, 4) is 0 Å². The fourth-order valence-corrected chi connectivity index (χ4v) is 1.78. The quantitative estimate of drug-likeness (QED) is 0.630. The van der Waals surface area contributed by atoms with Crippen molar-refractivity contribution in [3.63, 3.8) is 0 Å². The number of nitrogens with zero attached hydrogens (tertiary/aromatic N) is 1. The van der Waals surface area contributed by atoms with Gasteiger partial charge in [-0.3, -0.25) is 0 Å². The zero-order valence-corrected chi connectivity index (χ0v) is 7.19. The topological polar surface area (TPSA) is 12.9 Å². The lowest BCUT2D eigenvalue weighted by atomic mass is 10.2. The van der Waals surface area contributed by atoms with Crippen LogP contribution in [0.2, 0.25) is 0 Å². The maximum absolute atomic E-state index is 4.25. The smallest absolute Gasteiger partial charge is 0.0814 e. The van der Waals surface area contributed by atoms with Crippen molar-refractivity contribution >= 4 is 21.6 Å². The van der Waals surface area contributed by atoms with Crippen LogP contribution in [-0.4, -0.2) is 4.98 Å². The van der Waals surface area contributed by atoms with Crippen LogP contribution in [0.5, 0.6) is 0 Å². The van der Waals surface area contributed by atoms with E-state index in [1.54, 1.807) is 11.3 Å². The molecular formula is C9H9NS. The lowest BCUT2D eigenvalue weighted by Gasteiger charge is -1.93. The van der Waals surface area contributed by atoms with E-state index in [1.165, 1.54) is 10.3 Å². The summed E-state index contributed by atoms with van der Waals surface area (Å²) in [5.41, 5.74) is 4.39. The van der Waals surface area contributed by atoms with Crippen molar-refractivity contribution in [1.29, 1.82) is 0 Å². The number of hydrogen-bond acceptors (Lipinski definition) is 2. The average molecular weight is 163 g/mol. The molecule has 2 heteroatoms. The van der Waals surface area contributed by atoms with E-state index in [9.17, 15) is 0 Å². The predicted octanol–water partition coefficient (Wildman–Crippen LogP) is 2.86. The zero-order valence-electron chi connectivity index (χ0n) is 6.37. The molecule has 0 amide bonds. The molecule has 0 fully saturated rings. The molecule has 2 rings (SSSR count). The minimum atomic E-state index is 1.09. The Balaban J connectivity index is 2.67. The fourth-order valence-electron chi connectivity index (χ4n) is 1.12. The minimum Gasteiger partial charge on any atom is -0.245 e. The Bertz CT molecular complexity index is 364. The van der Waals surface area contributed by atoms with E-state index >= 15 is 0 Å². The van der Waals surface area contributed by atoms with Crippen molar-refractivity contribution in [2.75, 3.05) is 0 Å². The van der Waals surface area contributed by atoms with E-state index in [0.717, 1.165) is 11.9 Å². The number of aryl methyl sites for hydroxylation is 1. The zero-order chi connectivity index (χ0) is 7.68. The van der Waals surface area contributed by atoms with Gasteiger partial charge in [-0.05, 0) is 24.1 Å². The Morgan fingerprint density at radius 3 is 3.18 bits per heavy atom. The molecule has 0 bridgehead atoms. The van der Waals surface area contributed by atoms with Gasteiger partial charge >= 0.3 is 0 Å². The van der Waals surface area contributed by atoms with Gasteiger partial charge in [-0.15, -0.1) is 11.3 Å². The van der Waals surface area contributed by atoms with Gasteiger partial charge < -0.3 is 0 Å². The molecule has 0 aliphatic carbocycles. The fraction of sp³-hybridized carbons (Fsp3) is 0.222. The Hall–Kier alpha value is -0.890. The molecule has 1 nitrogen and oxygen atoms in total. The molecule has 1 aromatic carbocycles. The Morgan fingerprint density at radius 2 is 2.36 bits per heavy atom. The number of hydrogen-bond donors (Lipinski definition) is 0. The SMILES string of the molecule is CCc1ccc2scnc2c1. The van der Waals surface area contributed by atoms with E-state index in [-0.39, 0.29) is 0 Å². The van der Waals surface area contributed by atoms with Gasteiger partial charge in [0, 0.05) is 0 Å². The number of benzene rings is 1. The first-order valence-corrected chi connectivity index (χ1v) is 4.60. The third-order valence-corrected chi connectivity index (χ3v) is 2.61. The molecule has 0 unspecified atom stereocenters. The molecule has 0 saturated heterocycles. The van der Waals surface area contributed by atoms with Crippen molar-refractivity contribution in [2.45, 2.75) is 13.3 Å². The van der Waals surface area contributed by atoms with E-state index < -0.39 is 0 Å². The second-order valence-corrected chi connectivity index (χ2v) is 3.39. The molecule has 0 saturated carbocycles. The van der Waals surface area contributed by atoms with Gasteiger partial charge in [0.15, 0.2) is 0 Å². The van der Waals surface area contributed by atoms with Crippen LogP contribution in [0.3, 0.4) is 0 Å². The summed E-state index contributed by atoms with van der Waals surface area (Å²) in [6.07, 6.45) is 1.09. The van der Waals surface area contributed by atoms with E-state index in [2.05, 4.69) is 30.1 Å². The summed E-state index contributed by atoms with van der Waals surface area (Å²) in [7, 11) is 0. The Kier molecular flexibility index (Phi) is 1.62. The molecular weight excluding hydrogens is 154 g/mol. The number of fused-ring (bicyclic) bond motifs is 1. The summed E-state index contributed by atoms with van der Waals surface area (Å²) in [5.74, 6) is 0. The van der Waals surface area contributed by atoms with Gasteiger partial charge in [0.05, 0.1) is 15.7 Å². The van der Waals surface area contributed by atoms with Crippen molar-refractivity contribution in [1.82, 2.24) is 4.98 Å². The second kappa shape index (κ2) is 2.62. The summed E-state index contributed by atoms with van der Waals surface area (Å²) >= 11 is 1.70. The van der Waals surface area contributed by atoms with Crippen LogP contribution >= 0.6 is 11.3 Å². The van der Waals surface area contributed by atoms with Crippen molar-refractivity contribution in [3.05, 3.63) is 29.3 Å². The molecule has 0 aliphatic rings.